The maximum absolute atomic E-state index is 12.8. The van der Waals surface area contributed by atoms with Crippen molar-refractivity contribution in [1.82, 2.24) is 4.90 Å². The average Bonchev–Trinajstić information content (AvgIpc) is 2.84. The Balaban J connectivity index is 1.68. The second-order valence-corrected chi connectivity index (χ2v) is 9.49. The summed E-state index contributed by atoms with van der Waals surface area (Å²) < 4.78 is 38.3. The topological polar surface area (TPSA) is 35.5 Å². The minimum Gasteiger partial charge on any atom is -0.391 e. The lowest BCUT2D eigenvalue weighted by Gasteiger charge is -2.21. The summed E-state index contributed by atoms with van der Waals surface area (Å²) in [4.78, 5) is 2.19. The van der Waals surface area contributed by atoms with Crippen LogP contribution in [0.25, 0.3) is 0 Å². The van der Waals surface area contributed by atoms with Gasteiger partial charge in [0.05, 0.1) is 11.7 Å². The van der Waals surface area contributed by atoms with Gasteiger partial charge in [0.25, 0.3) is 0 Å². The summed E-state index contributed by atoms with van der Waals surface area (Å²) in [7, 11) is 0. The van der Waals surface area contributed by atoms with Crippen LogP contribution in [0.3, 0.4) is 0 Å². The van der Waals surface area contributed by atoms with E-state index in [1.165, 1.54) is 44.9 Å². The summed E-state index contributed by atoms with van der Waals surface area (Å²) in [5.74, 6) is 0. The Labute approximate surface area is 209 Å². The smallest absolute Gasteiger partial charge is 0.391 e. The molecule has 35 heavy (non-hydrogen) atoms. The van der Waals surface area contributed by atoms with E-state index in [9.17, 15) is 18.3 Å². The van der Waals surface area contributed by atoms with Crippen molar-refractivity contribution in [1.29, 1.82) is 0 Å². The van der Waals surface area contributed by atoms with Gasteiger partial charge in [0.2, 0.25) is 0 Å². The molecular formula is C29H43F3N2O. The Bertz CT molecular complexity index is 806. The van der Waals surface area contributed by atoms with Gasteiger partial charge in [0.1, 0.15) is 0 Å². The highest BCUT2D eigenvalue weighted by atomic mass is 19.4. The molecule has 0 saturated heterocycles. The van der Waals surface area contributed by atoms with E-state index in [0.29, 0.717) is 13.1 Å². The molecule has 0 spiro atoms. The van der Waals surface area contributed by atoms with E-state index in [0.717, 1.165) is 54.9 Å². The Hall–Kier alpha value is -2.05. The van der Waals surface area contributed by atoms with Crippen molar-refractivity contribution in [3.63, 3.8) is 0 Å². The predicted molar refractivity (Wildman–Crippen MR) is 139 cm³/mol. The van der Waals surface area contributed by atoms with E-state index in [2.05, 4.69) is 29.3 Å². The van der Waals surface area contributed by atoms with Gasteiger partial charge in [-0.15, -0.1) is 0 Å². The molecule has 2 N–H and O–H groups in total. The van der Waals surface area contributed by atoms with Gasteiger partial charge in [-0.3, -0.25) is 4.90 Å². The molecule has 0 fully saturated rings. The van der Waals surface area contributed by atoms with E-state index in [1.54, 1.807) is 12.1 Å². The maximum Gasteiger partial charge on any atom is 0.416 e. The SMILES string of the molecule is CCCCCCCCCCC(O)CNc1ccc(CN(CC)Cc2ccc(C(F)(F)F)cc2)cc1. The molecule has 0 aliphatic rings. The van der Waals surface area contributed by atoms with E-state index < -0.39 is 11.7 Å². The van der Waals surface area contributed by atoms with Crippen molar-refractivity contribution in [2.24, 2.45) is 0 Å². The number of nitrogens with zero attached hydrogens (tertiary/aromatic N) is 1. The lowest BCUT2D eigenvalue weighted by atomic mass is 10.1. The first-order chi connectivity index (χ1) is 16.8. The zero-order chi connectivity index (χ0) is 25.5. The number of aliphatic hydroxyl groups is 1. The first kappa shape index (κ1) is 29.2. The minimum atomic E-state index is -4.30. The van der Waals surface area contributed by atoms with Crippen molar-refractivity contribution in [2.75, 3.05) is 18.4 Å². The van der Waals surface area contributed by atoms with Crippen LogP contribution in [0.2, 0.25) is 0 Å². The highest BCUT2D eigenvalue weighted by molar-refractivity contribution is 5.44. The molecule has 0 amide bonds. The molecule has 0 aliphatic heterocycles. The van der Waals surface area contributed by atoms with Crippen molar-refractivity contribution in [2.45, 2.75) is 97.0 Å². The molecule has 1 unspecified atom stereocenters. The number of halogens is 3. The summed E-state index contributed by atoms with van der Waals surface area (Å²) in [6.45, 7) is 6.95. The quantitative estimate of drug-likeness (QED) is 0.219. The zero-order valence-electron chi connectivity index (χ0n) is 21.4. The van der Waals surface area contributed by atoms with Gasteiger partial charge >= 0.3 is 6.18 Å². The van der Waals surface area contributed by atoms with Crippen LogP contribution in [0, 0.1) is 0 Å². The fraction of sp³-hybridized carbons (Fsp3) is 0.586. The number of anilines is 1. The molecule has 6 heteroatoms. The van der Waals surface area contributed by atoms with Crippen molar-refractivity contribution in [3.05, 3.63) is 65.2 Å². The van der Waals surface area contributed by atoms with Crippen LogP contribution in [0.5, 0.6) is 0 Å². The molecule has 0 heterocycles. The third kappa shape index (κ3) is 12.0. The van der Waals surface area contributed by atoms with Gasteiger partial charge in [0, 0.05) is 25.3 Å². The summed E-state index contributed by atoms with van der Waals surface area (Å²) in [5.41, 5.74) is 2.37. The second-order valence-electron chi connectivity index (χ2n) is 9.49. The highest BCUT2D eigenvalue weighted by Crippen LogP contribution is 2.29. The van der Waals surface area contributed by atoms with Gasteiger partial charge in [-0.2, -0.15) is 13.2 Å². The van der Waals surface area contributed by atoms with Gasteiger partial charge in [-0.25, -0.2) is 0 Å². The molecule has 2 aromatic rings. The molecule has 0 bridgehead atoms. The molecule has 0 radical (unpaired) electrons. The first-order valence-corrected chi connectivity index (χ1v) is 13.2. The number of nitrogens with one attached hydrogen (secondary N) is 1. The van der Waals surface area contributed by atoms with Crippen LogP contribution in [-0.2, 0) is 19.3 Å². The van der Waals surface area contributed by atoms with E-state index in [1.807, 2.05) is 19.1 Å². The van der Waals surface area contributed by atoms with E-state index in [4.69, 9.17) is 0 Å². The molecule has 2 aromatic carbocycles. The number of hydrogen-bond acceptors (Lipinski definition) is 3. The van der Waals surface area contributed by atoms with Crippen molar-refractivity contribution < 1.29 is 18.3 Å². The molecule has 2 rings (SSSR count). The number of alkyl halides is 3. The number of aliphatic hydroxyl groups excluding tert-OH is 1. The number of unbranched alkanes of at least 4 members (excludes halogenated alkanes) is 7. The fourth-order valence-electron chi connectivity index (χ4n) is 4.17. The molecule has 1 atom stereocenters. The second kappa shape index (κ2) is 15.8. The normalized spacial score (nSPS) is 12.8. The van der Waals surface area contributed by atoms with Gasteiger partial charge < -0.3 is 10.4 Å². The molecule has 196 valence electrons. The largest absolute Gasteiger partial charge is 0.416 e. The summed E-state index contributed by atoms with van der Waals surface area (Å²) in [6, 6.07) is 13.5. The highest BCUT2D eigenvalue weighted by Gasteiger charge is 2.29. The Morgan fingerprint density at radius 2 is 1.29 bits per heavy atom. The standard InChI is InChI=1S/C29H43F3N2O/c1-3-5-6-7-8-9-10-11-12-28(35)21-33-27-19-15-25(16-20-27)23-34(4-2)22-24-13-17-26(18-14-24)29(30,31)32/h13-20,28,33,35H,3-12,21-23H2,1-2H3. The van der Waals surface area contributed by atoms with Crippen LogP contribution in [0.1, 0.15) is 88.3 Å². The van der Waals surface area contributed by atoms with Crippen LogP contribution in [0.4, 0.5) is 18.9 Å². The van der Waals surface area contributed by atoms with E-state index >= 15 is 0 Å². The molecule has 0 aromatic heterocycles. The Morgan fingerprint density at radius 1 is 0.771 bits per heavy atom. The summed E-state index contributed by atoms with van der Waals surface area (Å²) in [5, 5.41) is 13.6. The van der Waals surface area contributed by atoms with Gasteiger partial charge in [0.15, 0.2) is 0 Å². The average molecular weight is 493 g/mol. The summed E-state index contributed by atoms with van der Waals surface area (Å²) in [6.07, 6.45) is 6.32. The maximum atomic E-state index is 12.8. The van der Waals surface area contributed by atoms with E-state index in [-0.39, 0.29) is 6.10 Å². The van der Waals surface area contributed by atoms with Crippen molar-refractivity contribution >= 4 is 5.69 Å². The monoisotopic (exact) mass is 492 g/mol. The Morgan fingerprint density at radius 3 is 1.80 bits per heavy atom. The lowest BCUT2D eigenvalue weighted by Crippen LogP contribution is -2.22. The van der Waals surface area contributed by atoms with Crippen LogP contribution in [-0.4, -0.2) is 29.2 Å². The molecule has 0 saturated carbocycles. The van der Waals surface area contributed by atoms with Crippen LogP contribution in [0.15, 0.2) is 48.5 Å². The third-order valence-electron chi connectivity index (χ3n) is 6.43. The summed E-state index contributed by atoms with van der Waals surface area (Å²) >= 11 is 0. The third-order valence-corrected chi connectivity index (χ3v) is 6.43. The molecule has 0 aliphatic carbocycles. The fourth-order valence-corrected chi connectivity index (χ4v) is 4.17. The predicted octanol–water partition coefficient (Wildman–Crippen LogP) is 8.03. The number of hydrogen-bond donors (Lipinski definition) is 2. The number of rotatable bonds is 17. The molecule has 3 nitrogen and oxygen atoms in total. The van der Waals surface area contributed by atoms with Crippen LogP contribution < -0.4 is 5.32 Å². The molecular weight excluding hydrogens is 449 g/mol. The zero-order valence-corrected chi connectivity index (χ0v) is 21.4. The lowest BCUT2D eigenvalue weighted by molar-refractivity contribution is -0.137. The number of benzene rings is 2. The van der Waals surface area contributed by atoms with Gasteiger partial charge in [-0.05, 0) is 48.4 Å². The first-order valence-electron chi connectivity index (χ1n) is 13.2. The van der Waals surface area contributed by atoms with Crippen LogP contribution >= 0.6 is 0 Å². The minimum absolute atomic E-state index is 0.339. The van der Waals surface area contributed by atoms with Gasteiger partial charge in [-0.1, -0.05) is 89.5 Å². The Kier molecular flexibility index (Phi) is 13.2. The van der Waals surface area contributed by atoms with Crippen molar-refractivity contribution in [3.8, 4) is 0 Å².